The van der Waals surface area contributed by atoms with Crippen LogP contribution in [0.15, 0.2) is 34.3 Å². The van der Waals surface area contributed by atoms with E-state index in [1.807, 2.05) is 35.7 Å². The number of rotatable bonds is 4. The van der Waals surface area contributed by atoms with Crippen molar-refractivity contribution in [2.24, 2.45) is 0 Å². The molecule has 25 heavy (non-hydrogen) atoms. The average molecular weight is 375 g/mol. The lowest BCUT2D eigenvalue weighted by Gasteiger charge is -2.22. The van der Waals surface area contributed by atoms with Gasteiger partial charge < -0.3 is 9.47 Å². The van der Waals surface area contributed by atoms with Crippen LogP contribution in [-0.2, 0) is 4.79 Å². The van der Waals surface area contributed by atoms with Gasteiger partial charge in [0.25, 0.3) is 0 Å². The minimum Gasteiger partial charge on any atom is -0.311 e. The van der Waals surface area contributed by atoms with Crippen LogP contribution in [0.4, 0.5) is 5.69 Å². The molecular formula is C18H22N4OS2. The second-order valence-corrected chi connectivity index (χ2v) is 9.07. The lowest BCUT2D eigenvalue weighted by molar-refractivity contribution is -0.116. The largest absolute Gasteiger partial charge is 0.311 e. The van der Waals surface area contributed by atoms with E-state index >= 15 is 0 Å². The topological polar surface area (TPSA) is 51.0 Å². The fourth-order valence-corrected chi connectivity index (χ4v) is 5.19. The zero-order chi connectivity index (χ0) is 17.4. The second-order valence-electron chi connectivity index (χ2n) is 6.65. The Morgan fingerprint density at radius 2 is 2.08 bits per heavy atom. The number of aryl methyl sites for hydroxylation is 1. The summed E-state index contributed by atoms with van der Waals surface area (Å²) >= 11 is 3.37. The molecule has 0 spiro atoms. The molecule has 0 unspecified atom stereocenters. The first-order valence-electron chi connectivity index (χ1n) is 8.74. The van der Waals surface area contributed by atoms with Crippen molar-refractivity contribution in [1.29, 1.82) is 0 Å². The number of carbonyl (C=O) groups is 1. The molecule has 1 saturated carbocycles. The van der Waals surface area contributed by atoms with Gasteiger partial charge in [0.15, 0.2) is 5.16 Å². The van der Waals surface area contributed by atoms with Gasteiger partial charge in [0, 0.05) is 22.7 Å². The molecule has 1 aliphatic carbocycles. The normalized spacial score (nSPS) is 20.2. The molecule has 1 aromatic carbocycles. The molecular weight excluding hydrogens is 352 g/mol. The molecule has 1 amide bonds. The van der Waals surface area contributed by atoms with Crippen LogP contribution in [0.3, 0.4) is 0 Å². The predicted molar refractivity (Wildman–Crippen MR) is 102 cm³/mol. The van der Waals surface area contributed by atoms with E-state index in [-0.39, 0.29) is 5.91 Å². The number of benzene rings is 1. The maximum atomic E-state index is 12.9. The van der Waals surface area contributed by atoms with E-state index < -0.39 is 0 Å². The van der Waals surface area contributed by atoms with Gasteiger partial charge in [-0.05, 0) is 38.3 Å². The Morgan fingerprint density at radius 1 is 1.28 bits per heavy atom. The van der Waals surface area contributed by atoms with E-state index in [2.05, 4.69) is 33.8 Å². The number of thioether (sulfide) groups is 2. The Morgan fingerprint density at radius 3 is 2.88 bits per heavy atom. The summed E-state index contributed by atoms with van der Waals surface area (Å²) in [5.41, 5.74) is 1.04. The van der Waals surface area contributed by atoms with Crippen LogP contribution in [0.2, 0.25) is 0 Å². The van der Waals surface area contributed by atoms with Crippen LogP contribution < -0.4 is 4.90 Å². The van der Waals surface area contributed by atoms with Gasteiger partial charge in [-0.1, -0.05) is 30.8 Å². The van der Waals surface area contributed by atoms with Crippen molar-refractivity contribution in [2.75, 3.05) is 17.2 Å². The first-order valence-corrected chi connectivity index (χ1v) is 10.6. The maximum absolute atomic E-state index is 12.9. The molecule has 1 fully saturated rings. The predicted octanol–water partition coefficient (Wildman–Crippen LogP) is 3.93. The van der Waals surface area contributed by atoms with Crippen LogP contribution in [0.5, 0.6) is 0 Å². The summed E-state index contributed by atoms with van der Waals surface area (Å²) in [6.45, 7) is 4.99. The van der Waals surface area contributed by atoms with Crippen LogP contribution in [0.1, 0.15) is 38.1 Å². The molecule has 1 aromatic heterocycles. The minimum absolute atomic E-state index is 0.148. The summed E-state index contributed by atoms with van der Waals surface area (Å²) in [4.78, 5) is 16.1. The highest BCUT2D eigenvalue weighted by atomic mass is 32.2. The van der Waals surface area contributed by atoms with E-state index in [0.29, 0.717) is 17.0 Å². The molecule has 0 N–H and O–H groups in total. The van der Waals surface area contributed by atoms with Gasteiger partial charge >= 0.3 is 0 Å². The van der Waals surface area contributed by atoms with E-state index in [4.69, 9.17) is 0 Å². The number of aromatic nitrogens is 3. The fraction of sp³-hybridized carbons (Fsp3) is 0.500. The molecule has 2 aliphatic rings. The lowest BCUT2D eigenvalue weighted by atomic mass is 10.2. The van der Waals surface area contributed by atoms with Gasteiger partial charge in [-0.25, -0.2) is 0 Å². The minimum atomic E-state index is 0.148. The van der Waals surface area contributed by atoms with Crippen molar-refractivity contribution in [3.8, 4) is 0 Å². The van der Waals surface area contributed by atoms with Gasteiger partial charge in [0.1, 0.15) is 5.82 Å². The van der Waals surface area contributed by atoms with Crippen molar-refractivity contribution in [3.63, 3.8) is 0 Å². The van der Waals surface area contributed by atoms with Gasteiger partial charge in [-0.2, -0.15) is 0 Å². The summed E-state index contributed by atoms with van der Waals surface area (Å²) in [7, 11) is 0. The summed E-state index contributed by atoms with van der Waals surface area (Å²) in [5, 5.41) is 9.86. The van der Waals surface area contributed by atoms with Crippen LogP contribution in [0, 0.1) is 6.92 Å². The van der Waals surface area contributed by atoms with Crippen LogP contribution in [-0.4, -0.2) is 38.2 Å². The van der Waals surface area contributed by atoms with Crippen molar-refractivity contribution < 1.29 is 4.79 Å². The second kappa shape index (κ2) is 7.03. The molecule has 4 rings (SSSR count). The van der Waals surface area contributed by atoms with Crippen molar-refractivity contribution in [1.82, 2.24) is 14.8 Å². The number of carbonyl (C=O) groups excluding carboxylic acids is 1. The Kier molecular flexibility index (Phi) is 4.78. The van der Waals surface area contributed by atoms with E-state index in [9.17, 15) is 4.79 Å². The number of fused-ring (bicyclic) bond motifs is 1. The Hall–Kier alpha value is -1.47. The molecule has 132 valence electrons. The highest BCUT2D eigenvalue weighted by molar-refractivity contribution is 8.00. The van der Waals surface area contributed by atoms with Crippen LogP contribution in [0.25, 0.3) is 0 Å². The summed E-state index contributed by atoms with van der Waals surface area (Å²) < 4.78 is 2.19. The smallest absolute Gasteiger partial charge is 0.237 e. The first kappa shape index (κ1) is 17.0. The number of amides is 1. The molecule has 0 bridgehead atoms. The van der Waals surface area contributed by atoms with Gasteiger partial charge in [-0.3, -0.25) is 4.79 Å². The number of anilines is 1. The van der Waals surface area contributed by atoms with Crippen molar-refractivity contribution >= 4 is 35.1 Å². The Balaban J connectivity index is 1.50. The van der Waals surface area contributed by atoms with Crippen molar-refractivity contribution in [3.05, 3.63) is 30.1 Å². The van der Waals surface area contributed by atoms with Gasteiger partial charge in [-0.15, -0.1) is 22.0 Å². The standard InChI is InChI=1S/C18H22N4OS2/c1-12-9-10-21(15-5-3-4-6-16(15)25-12)17(23)11-24-18-20-19-13(2)22(18)14-7-8-14/h3-6,12,14H,7-11H2,1-2H3/t12-/m1/s1. The third-order valence-corrected chi connectivity index (χ3v) is 6.78. The number of para-hydroxylation sites is 1. The molecule has 1 aliphatic heterocycles. The third-order valence-electron chi connectivity index (χ3n) is 4.62. The molecule has 1 atom stereocenters. The number of nitrogens with zero attached hydrogens (tertiary/aromatic N) is 4. The summed E-state index contributed by atoms with van der Waals surface area (Å²) in [6, 6.07) is 8.75. The quantitative estimate of drug-likeness (QED) is 0.759. The molecule has 2 heterocycles. The Labute approximate surface area is 156 Å². The number of hydrogen-bond donors (Lipinski definition) is 0. The molecule has 5 nitrogen and oxygen atoms in total. The maximum Gasteiger partial charge on any atom is 0.237 e. The van der Waals surface area contributed by atoms with E-state index in [0.717, 1.165) is 29.6 Å². The third kappa shape index (κ3) is 3.58. The first-order chi connectivity index (χ1) is 12.1. The monoisotopic (exact) mass is 374 g/mol. The lowest BCUT2D eigenvalue weighted by Crippen LogP contribution is -2.33. The number of hydrogen-bond acceptors (Lipinski definition) is 5. The summed E-state index contributed by atoms with van der Waals surface area (Å²) in [5.74, 6) is 1.50. The zero-order valence-corrected chi connectivity index (χ0v) is 16.1. The van der Waals surface area contributed by atoms with Crippen molar-refractivity contribution in [2.45, 2.75) is 54.5 Å². The van der Waals surface area contributed by atoms with Gasteiger partial charge in [0.2, 0.25) is 5.91 Å². The van der Waals surface area contributed by atoms with E-state index in [1.54, 1.807) is 0 Å². The fourth-order valence-electron chi connectivity index (χ4n) is 3.15. The summed E-state index contributed by atoms with van der Waals surface area (Å²) in [6.07, 6.45) is 3.39. The molecule has 0 radical (unpaired) electrons. The molecule has 7 heteroatoms. The average Bonchev–Trinajstić information content (AvgIpc) is 3.39. The molecule has 0 saturated heterocycles. The zero-order valence-electron chi connectivity index (χ0n) is 14.5. The SMILES string of the molecule is Cc1nnc(SCC(=O)N2CC[C@@H](C)Sc3ccccc32)n1C1CC1. The highest BCUT2D eigenvalue weighted by Gasteiger charge is 2.29. The highest BCUT2D eigenvalue weighted by Crippen LogP contribution is 2.39. The van der Waals surface area contributed by atoms with E-state index in [1.165, 1.54) is 29.5 Å². The van der Waals surface area contributed by atoms with Gasteiger partial charge in [0.05, 0.1) is 11.4 Å². The van der Waals surface area contributed by atoms with Crippen LogP contribution >= 0.6 is 23.5 Å². The Bertz CT molecular complexity index is 787. The molecule has 2 aromatic rings.